The lowest BCUT2D eigenvalue weighted by molar-refractivity contribution is 0.102. The molecule has 0 aliphatic carbocycles. The van der Waals surface area contributed by atoms with Gasteiger partial charge >= 0.3 is 0 Å². The zero-order valence-corrected chi connectivity index (χ0v) is 11.9. The first kappa shape index (κ1) is 15.0. The van der Waals surface area contributed by atoms with Crippen LogP contribution in [0.4, 0.5) is 10.1 Å². The molecule has 2 aromatic carbocycles. The van der Waals surface area contributed by atoms with E-state index in [9.17, 15) is 9.18 Å². The van der Waals surface area contributed by atoms with Gasteiger partial charge in [0.1, 0.15) is 17.1 Å². The van der Waals surface area contributed by atoms with Crippen molar-refractivity contribution in [1.29, 1.82) is 0 Å². The lowest BCUT2D eigenvalue weighted by Crippen LogP contribution is -2.15. The molecule has 110 valence electrons. The van der Waals surface area contributed by atoms with E-state index in [1.165, 1.54) is 25.3 Å². The first-order valence-corrected chi connectivity index (χ1v) is 6.52. The molecule has 3 N–H and O–H groups in total. The summed E-state index contributed by atoms with van der Waals surface area (Å²) < 4.78 is 18.9. The molecule has 21 heavy (non-hydrogen) atoms. The number of ether oxygens (including phenoxy) is 1. The fourth-order valence-corrected chi connectivity index (χ4v) is 1.99. The molecular formula is C16H17FN2O2. The summed E-state index contributed by atoms with van der Waals surface area (Å²) in [7, 11) is 1.39. The molecule has 0 aliphatic heterocycles. The van der Waals surface area contributed by atoms with Gasteiger partial charge in [0, 0.05) is 11.7 Å². The lowest BCUT2D eigenvalue weighted by atomic mass is 10.1. The second kappa shape index (κ2) is 6.37. The van der Waals surface area contributed by atoms with Crippen LogP contribution in [0, 0.1) is 5.82 Å². The fraction of sp³-hybridized carbons (Fsp3) is 0.188. The third kappa shape index (κ3) is 3.38. The van der Waals surface area contributed by atoms with Crippen molar-refractivity contribution < 1.29 is 13.9 Å². The van der Waals surface area contributed by atoms with E-state index < -0.39 is 11.7 Å². The van der Waals surface area contributed by atoms with Gasteiger partial charge < -0.3 is 15.8 Å². The minimum atomic E-state index is -0.629. The Labute approximate surface area is 122 Å². The number of methoxy groups -OCH3 is 1. The molecule has 0 saturated carbocycles. The molecule has 5 heteroatoms. The molecule has 0 saturated heterocycles. The molecule has 2 aromatic rings. The molecule has 2 rings (SSSR count). The van der Waals surface area contributed by atoms with Crippen molar-refractivity contribution in [1.82, 2.24) is 0 Å². The first-order chi connectivity index (χ1) is 10.0. The van der Waals surface area contributed by atoms with Crippen LogP contribution in [0.25, 0.3) is 0 Å². The van der Waals surface area contributed by atoms with E-state index >= 15 is 0 Å². The average Bonchev–Trinajstić information content (AvgIpc) is 2.46. The lowest BCUT2D eigenvalue weighted by Gasteiger charge is -2.12. The molecule has 0 heterocycles. The maximum Gasteiger partial charge on any atom is 0.262 e. The van der Waals surface area contributed by atoms with Crippen molar-refractivity contribution in [2.24, 2.45) is 5.73 Å². The van der Waals surface area contributed by atoms with Gasteiger partial charge in [-0.15, -0.1) is 0 Å². The third-order valence-electron chi connectivity index (χ3n) is 3.09. The molecular weight excluding hydrogens is 271 g/mol. The minimum absolute atomic E-state index is 0.119. The summed E-state index contributed by atoms with van der Waals surface area (Å²) in [5.41, 5.74) is 7.12. The van der Waals surface area contributed by atoms with Crippen molar-refractivity contribution >= 4 is 11.6 Å². The molecule has 0 aliphatic rings. The number of rotatable bonds is 4. The highest BCUT2D eigenvalue weighted by atomic mass is 19.1. The number of benzene rings is 2. The highest BCUT2D eigenvalue weighted by molar-refractivity contribution is 6.06. The van der Waals surface area contributed by atoms with Gasteiger partial charge in [0.05, 0.1) is 7.11 Å². The Balaban J connectivity index is 2.28. The predicted octanol–water partition coefficient (Wildman–Crippen LogP) is 3.11. The van der Waals surface area contributed by atoms with E-state index in [4.69, 9.17) is 10.5 Å². The van der Waals surface area contributed by atoms with Crippen molar-refractivity contribution in [2.45, 2.75) is 13.0 Å². The summed E-state index contributed by atoms with van der Waals surface area (Å²) in [6, 6.07) is 11.2. The van der Waals surface area contributed by atoms with Gasteiger partial charge in [-0.1, -0.05) is 18.2 Å². The second-order valence-electron chi connectivity index (χ2n) is 4.69. The fourth-order valence-electron chi connectivity index (χ4n) is 1.99. The van der Waals surface area contributed by atoms with Crippen molar-refractivity contribution in [3.8, 4) is 5.75 Å². The van der Waals surface area contributed by atoms with Crippen molar-refractivity contribution in [2.75, 3.05) is 12.4 Å². The highest BCUT2D eigenvalue weighted by Crippen LogP contribution is 2.23. The molecule has 1 amide bonds. The number of carbonyl (C=O) groups is 1. The Morgan fingerprint density at radius 3 is 2.67 bits per heavy atom. The number of hydrogen-bond acceptors (Lipinski definition) is 3. The Morgan fingerprint density at radius 2 is 2.00 bits per heavy atom. The topological polar surface area (TPSA) is 64.3 Å². The van der Waals surface area contributed by atoms with Crippen LogP contribution < -0.4 is 15.8 Å². The Morgan fingerprint density at radius 1 is 1.29 bits per heavy atom. The number of nitrogens with two attached hydrogens (primary N) is 1. The summed E-state index contributed by atoms with van der Waals surface area (Å²) in [5.74, 6) is -1.00. The van der Waals surface area contributed by atoms with Gasteiger partial charge in [-0.05, 0) is 36.8 Å². The summed E-state index contributed by atoms with van der Waals surface area (Å²) in [4.78, 5) is 12.2. The minimum Gasteiger partial charge on any atom is -0.496 e. The number of amides is 1. The van der Waals surface area contributed by atoms with Crippen LogP contribution in [0.5, 0.6) is 5.75 Å². The summed E-state index contributed by atoms with van der Waals surface area (Å²) in [6.45, 7) is 1.85. The third-order valence-corrected chi connectivity index (χ3v) is 3.09. The van der Waals surface area contributed by atoms with E-state index in [2.05, 4.69) is 5.32 Å². The monoisotopic (exact) mass is 288 g/mol. The Bertz CT molecular complexity index is 656. The summed E-state index contributed by atoms with van der Waals surface area (Å²) in [5, 5.41) is 2.65. The van der Waals surface area contributed by atoms with E-state index in [1.54, 1.807) is 18.2 Å². The van der Waals surface area contributed by atoms with Crippen LogP contribution in [0.3, 0.4) is 0 Å². The van der Waals surface area contributed by atoms with Crippen molar-refractivity contribution in [3.63, 3.8) is 0 Å². The predicted molar refractivity (Wildman–Crippen MR) is 79.9 cm³/mol. The molecule has 0 aromatic heterocycles. The van der Waals surface area contributed by atoms with Gasteiger partial charge in [0.2, 0.25) is 0 Å². The van der Waals surface area contributed by atoms with E-state index in [-0.39, 0.29) is 17.4 Å². The van der Waals surface area contributed by atoms with Crippen LogP contribution in [0.1, 0.15) is 28.9 Å². The zero-order chi connectivity index (χ0) is 15.4. The van der Waals surface area contributed by atoms with Crippen LogP contribution in [0.2, 0.25) is 0 Å². The molecule has 0 spiro atoms. The number of carbonyl (C=O) groups excluding carboxylic acids is 1. The standard InChI is InChI=1S/C16H17FN2O2/c1-10(18)11-5-3-6-12(9-11)19-16(20)15-13(17)7-4-8-14(15)21-2/h3-10H,18H2,1-2H3,(H,19,20). The number of nitrogens with one attached hydrogen (secondary N) is 1. The Hall–Kier alpha value is -2.40. The van der Waals surface area contributed by atoms with E-state index in [0.717, 1.165) is 5.56 Å². The molecule has 1 atom stereocenters. The van der Waals surface area contributed by atoms with Crippen molar-refractivity contribution in [3.05, 3.63) is 59.4 Å². The van der Waals surface area contributed by atoms with Gasteiger partial charge in [-0.3, -0.25) is 4.79 Å². The molecule has 1 unspecified atom stereocenters. The molecule has 0 fully saturated rings. The summed E-state index contributed by atoms with van der Waals surface area (Å²) >= 11 is 0. The maximum atomic E-state index is 13.8. The van der Waals surface area contributed by atoms with E-state index in [0.29, 0.717) is 5.69 Å². The second-order valence-corrected chi connectivity index (χ2v) is 4.69. The highest BCUT2D eigenvalue weighted by Gasteiger charge is 2.17. The number of hydrogen-bond donors (Lipinski definition) is 2. The van der Waals surface area contributed by atoms with Crippen LogP contribution in [-0.2, 0) is 0 Å². The van der Waals surface area contributed by atoms with Gasteiger partial charge in [-0.25, -0.2) is 4.39 Å². The largest absolute Gasteiger partial charge is 0.496 e. The van der Waals surface area contributed by atoms with Crippen LogP contribution in [-0.4, -0.2) is 13.0 Å². The van der Waals surface area contributed by atoms with Crippen LogP contribution >= 0.6 is 0 Å². The quantitative estimate of drug-likeness (QED) is 0.908. The zero-order valence-electron chi connectivity index (χ0n) is 11.9. The smallest absolute Gasteiger partial charge is 0.262 e. The SMILES string of the molecule is COc1cccc(F)c1C(=O)Nc1cccc(C(C)N)c1. The van der Waals surface area contributed by atoms with Gasteiger partial charge in [0.15, 0.2) is 0 Å². The number of halogens is 1. The molecule has 0 bridgehead atoms. The van der Waals surface area contributed by atoms with E-state index in [1.807, 2.05) is 13.0 Å². The normalized spacial score (nSPS) is 11.8. The van der Waals surface area contributed by atoms with Crippen LogP contribution in [0.15, 0.2) is 42.5 Å². The maximum absolute atomic E-state index is 13.8. The van der Waals surface area contributed by atoms with Gasteiger partial charge in [-0.2, -0.15) is 0 Å². The number of anilines is 1. The first-order valence-electron chi connectivity index (χ1n) is 6.52. The van der Waals surface area contributed by atoms with Gasteiger partial charge in [0.25, 0.3) is 5.91 Å². The molecule has 0 radical (unpaired) electrons. The Kier molecular flexibility index (Phi) is 4.55. The summed E-state index contributed by atoms with van der Waals surface area (Å²) in [6.07, 6.45) is 0. The average molecular weight is 288 g/mol. The molecule has 4 nitrogen and oxygen atoms in total.